The number of fused-ring (bicyclic) bond motifs is 1. The standard InChI is InChI=1S/C23H28ClFN4O3/c1-14-19-9-10-28(23(32)27(2)18-7-4-15(5-8-18)22(30)31)13-21(19)29(26-14)12-16-3-6-17(24)11-20(16)25/h3,6,11,15,18H,4-5,7-10,12-13H2,1-2H3,(H,30,31). The molecule has 1 fully saturated rings. The van der Waals surface area contributed by atoms with Crippen LogP contribution in [0.15, 0.2) is 18.2 Å². The number of aryl methyl sites for hydroxylation is 1. The van der Waals surface area contributed by atoms with Crippen LogP contribution in [0.4, 0.5) is 9.18 Å². The average molecular weight is 463 g/mol. The molecule has 172 valence electrons. The van der Waals surface area contributed by atoms with Gasteiger partial charge in [0.1, 0.15) is 5.82 Å². The number of rotatable bonds is 4. The van der Waals surface area contributed by atoms with Crippen LogP contribution >= 0.6 is 11.6 Å². The molecule has 0 atom stereocenters. The SMILES string of the molecule is Cc1nn(Cc2ccc(Cl)cc2F)c2c1CCN(C(=O)N(C)C1CCC(C(=O)O)CC1)C2. The van der Waals surface area contributed by atoms with Crippen LogP contribution < -0.4 is 0 Å². The van der Waals surface area contributed by atoms with E-state index in [9.17, 15) is 19.1 Å². The van der Waals surface area contributed by atoms with Gasteiger partial charge in [0.25, 0.3) is 0 Å². The number of carboxylic acid groups (broad SMARTS) is 1. The number of benzene rings is 1. The Balaban J connectivity index is 1.47. The van der Waals surface area contributed by atoms with Crippen LogP contribution in [0.5, 0.6) is 0 Å². The first-order chi connectivity index (χ1) is 15.2. The molecule has 32 heavy (non-hydrogen) atoms. The van der Waals surface area contributed by atoms with Crippen LogP contribution in [-0.2, 0) is 24.3 Å². The molecule has 7 nitrogen and oxygen atoms in total. The van der Waals surface area contributed by atoms with Crippen molar-refractivity contribution < 1.29 is 19.1 Å². The summed E-state index contributed by atoms with van der Waals surface area (Å²) in [5.74, 6) is -1.43. The maximum Gasteiger partial charge on any atom is 0.320 e. The summed E-state index contributed by atoms with van der Waals surface area (Å²) in [4.78, 5) is 28.0. The summed E-state index contributed by atoms with van der Waals surface area (Å²) in [5, 5.41) is 14.2. The topological polar surface area (TPSA) is 78.7 Å². The zero-order valence-electron chi connectivity index (χ0n) is 18.4. The van der Waals surface area contributed by atoms with Gasteiger partial charge >= 0.3 is 12.0 Å². The highest BCUT2D eigenvalue weighted by molar-refractivity contribution is 6.30. The van der Waals surface area contributed by atoms with Crippen molar-refractivity contribution in [2.75, 3.05) is 13.6 Å². The van der Waals surface area contributed by atoms with E-state index in [0.29, 0.717) is 55.8 Å². The maximum absolute atomic E-state index is 14.3. The number of aromatic nitrogens is 2. The molecule has 1 aromatic heterocycles. The van der Waals surface area contributed by atoms with Gasteiger partial charge in [-0.25, -0.2) is 9.18 Å². The van der Waals surface area contributed by atoms with Crippen LogP contribution in [0.1, 0.15) is 48.2 Å². The Hall–Kier alpha value is -2.61. The zero-order chi connectivity index (χ0) is 23.0. The van der Waals surface area contributed by atoms with Gasteiger partial charge in [0.2, 0.25) is 0 Å². The predicted molar refractivity (Wildman–Crippen MR) is 118 cm³/mol. The first-order valence-corrected chi connectivity index (χ1v) is 11.4. The Bertz CT molecular complexity index is 1030. The van der Waals surface area contributed by atoms with Gasteiger partial charge in [-0.1, -0.05) is 17.7 Å². The Morgan fingerprint density at radius 2 is 2.00 bits per heavy atom. The average Bonchev–Trinajstić information content (AvgIpc) is 3.09. The fourth-order valence-corrected chi connectivity index (χ4v) is 5.03. The second-order valence-corrected chi connectivity index (χ2v) is 9.25. The molecule has 9 heteroatoms. The predicted octanol–water partition coefficient (Wildman–Crippen LogP) is 4.09. The lowest BCUT2D eigenvalue weighted by Gasteiger charge is -2.38. The van der Waals surface area contributed by atoms with E-state index >= 15 is 0 Å². The number of urea groups is 1. The number of hydrogen-bond donors (Lipinski definition) is 1. The van der Waals surface area contributed by atoms with Gasteiger partial charge in [-0.05, 0) is 56.7 Å². The molecule has 1 aliphatic heterocycles. The van der Waals surface area contributed by atoms with Crippen LogP contribution in [0.2, 0.25) is 5.02 Å². The van der Waals surface area contributed by atoms with E-state index in [1.165, 1.54) is 6.07 Å². The van der Waals surface area contributed by atoms with Gasteiger partial charge in [-0.15, -0.1) is 0 Å². The monoisotopic (exact) mass is 462 g/mol. The molecule has 0 bridgehead atoms. The lowest BCUT2D eigenvalue weighted by atomic mass is 9.85. The van der Waals surface area contributed by atoms with E-state index in [-0.39, 0.29) is 30.4 Å². The number of carbonyl (C=O) groups excluding carboxylic acids is 1. The summed E-state index contributed by atoms with van der Waals surface area (Å²) < 4.78 is 16.1. The first kappa shape index (κ1) is 22.6. The summed E-state index contributed by atoms with van der Waals surface area (Å²) in [6.45, 7) is 3.23. The van der Waals surface area contributed by atoms with Crippen LogP contribution in [0.3, 0.4) is 0 Å². The number of carbonyl (C=O) groups is 2. The van der Waals surface area contributed by atoms with E-state index in [1.807, 2.05) is 11.8 Å². The number of aliphatic carboxylic acids is 1. The molecule has 1 aromatic carbocycles. The summed E-state index contributed by atoms with van der Waals surface area (Å²) in [7, 11) is 1.80. The fraction of sp³-hybridized carbons (Fsp3) is 0.522. The van der Waals surface area contributed by atoms with Gasteiger partial charge in [-0.3, -0.25) is 9.48 Å². The van der Waals surface area contributed by atoms with Crippen LogP contribution in [0, 0.1) is 18.7 Å². The third-order valence-corrected chi connectivity index (χ3v) is 7.08. The van der Waals surface area contributed by atoms with E-state index in [2.05, 4.69) is 5.10 Å². The van der Waals surface area contributed by atoms with E-state index in [0.717, 1.165) is 17.0 Å². The molecule has 2 heterocycles. The Morgan fingerprint density at radius 3 is 2.66 bits per heavy atom. The first-order valence-electron chi connectivity index (χ1n) is 11.0. The molecular weight excluding hydrogens is 435 g/mol. The molecule has 2 aliphatic rings. The number of halogens is 2. The van der Waals surface area contributed by atoms with Crippen molar-refractivity contribution in [1.29, 1.82) is 0 Å². The van der Waals surface area contributed by atoms with Gasteiger partial charge in [0, 0.05) is 30.2 Å². The van der Waals surface area contributed by atoms with Gasteiger partial charge < -0.3 is 14.9 Å². The van der Waals surface area contributed by atoms with Crippen molar-refractivity contribution in [1.82, 2.24) is 19.6 Å². The second-order valence-electron chi connectivity index (χ2n) is 8.81. The quantitative estimate of drug-likeness (QED) is 0.742. The molecule has 1 saturated carbocycles. The molecule has 0 saturated heterocycles. The molecule has 4 rings (SSSR count). The summed E-state index contributed by atoms with van der Waals surface area (Å²) in [6.07, 6.45) is 3.30. The molecule has 0 unspecified atom stereocenters. The van der Waals surface area contributed by atoms with Gasteiger partial charge in [-0.2, -0.15) is 5.10 Å². The minimum absolute atomic E-state index is 0.0503. The minimum atomic E-state index is -0.748. The third-order valence-electron chi connectivity index (χ3n) is 6.84. The van der Waals surface area contributed by atoms with Crippen molar-refractivity contribution in [2.45, 2.75) is 58.2 Å². The van der Waals surface area contributed by atoms with E-state index < -0.39 is 5.97 Å². The molecule has 2 aromatic rings. The lowest BCUT2D eigenvalue weighted by molar-refractivity contribution is -0.143. The van der Waals surface area contributed by atoms with Crippen molar-refractivity contribution in [2.24, 2.45) is 5.92 Å². The van der Waals surface area contributed by atoms with Gasteiger partial charge in [0.15, 0.2) is 0 Å². The van der Waals surface area contributed by atoms with E-state index in [1.54, 1.807) is 28.8 Å². The number of hydrogen-bond acceptors (Lipinski definition) is 3. The van der Waals surface area contributed by atoms with E-state index in [4.69, 9.17) is 11.6 Å². The molecule has 2 amide bonds. The summed E-state index contributed by atoms with van der Waals surface area (Å²) >= 11 is 5.87. The second kappa shape index (κ2) is 9.10. The number of carboxylic acids is 1. The molecule has 0 spiro atoms. The Morgan fingerprint density at radius 1 is 1.28 bits per heavy atom. The lowest BCUT2D eigenvalue weighted by Crippen LogP contribution is -2.49. The molecule has 0 radical (unpaired) electrons. The van der Waals surface area contributed by atoms with Crippen molar-refractivity contribution in [3.8, 4) is 0 Å². The number of amides is 2. The van der Waals surface area contributed by atoms with Crippen LogP contribution in [-0.4, -0.2) is 56.3 Å². The van der Waals surface area contributed by atoms with Gasteiger partial charge in [0.05, 0.1) is 30.4 Å². The maximum atomic E-state index is 14.3. The third kappa shape index (κ3) is 4.46. The Kier molecular flexibility index (Phi) is 6.42. The van der Waals surface area contributed by atoms with Crippen molar-refractivity contribution >= 4 is 23.6 Å². The normalized spacial score (nSPS) is 20.7. The fourth-order valence-electron chi connectivity index (χ4n) is 4.87. The molecule has 1 N–H and O–H groups in total. The minimum Gasteiger partial charge on any atom is -0.481 e. The van der Waals surface area contributed by atoms with Crippen LogP contribution in [0.25, 0.3) is 0 Å². The summed E-state index contributed by atoms with van der Waals surface area (Å²) in [6, 6.07) is 4.61. The number of nitrogens with zero attached hydrogens (tertiary/aromatic N) is 4. The van der Waals surface area contributed by atoms with Crippen molar-refractivity contribution in [3.05, 3.63) is 51.6 Å². The highest BCUT2D eigenvalue weighted by atomic mass is 35.5. The highest BCUT2D eigenvalue weighted by Gasteiger charge is 2.33. The molecule has 1 aliphatic carbocycles. The smallest absolute Gasteiger partial charge is 0.320 e. The largest absolute Gasteiger partial charge is 0.481 e. The summed E-state index contributed by atoms with van der Waals surface area (Å²) in [5.41, 5.74) is 3.45. The Labute approximate surface area is 191 Å². The molecular formula is C23H28ClFN4O3. The zero-order valence-corrected chi connectivity index (χ0v) is 19.1. The highest BCUT2D eigenvalue weighted by Crippen LogP contribution is 2.29. The van der Waals surface area contributed by atoms with Crippen molar-refractivity contribution in [3.63, 3.8) is 0 Å².